The Morgan fingerprint density at radius 3 is 2.84 bits per heavy atom. The molecule has 6 nitrogen and oxygen atoms in total. The standard InChI is InChI=1S/C12H18ClN5O/c13-9-3-4-10(17-14)16-11(9)12(19)15-5-8-18-6-1-2-7-18/h3-4H,1-2,5-8,14H2,(H,15,19)(H,16,17). The Hall–Kier alpha value is -1.37. The second-order valence-electron chi connectivity index (χ2n) is 4.48. The predicted octanol–water partition coefficient (Wildman–Crippen LogP) is 0.846. The van der Waals surface area contributed by atoms with Crippen molar-refractivity contribution >= 4 is 23.3 Å². The third-order valence-corrected chi connectivity index (χ3v) is 3.43. The molecule has 0 unspecified atom stereocenters. The summed E-state index contributed by atoms with van der Waals surface area (Å²) in [7, 11) is 0. The molecule has 0 spiro atoms. The van der Waals surface area contributed by atoms with Crippen LogP contribution in [0.2, 0.25) is 5.02 Å². The predicted molar refractivity (Wildman–Crippen MR) is 75.1 cm³/mol. The van der Waals surface area contributed by atoms with Crippen molar-refractivity contribution in [2.45, 2.75) is 12.8 Å². The van der Waals surface area contributed by atoms with Crippen molar-refractivity contribution in [1.29, 1.82) is 0 Å². The molecular weight excluding hydrogens is 266 g/mol. The van der Waals surface area contributed by atoms with Crippen LogP contribution in [0.3, 0.4) is 0 Å². The van der Waals surface area contributed by atoms with Crippen LogP contribution >= 0.6 is 11.6 Å². The second-order valence-corrected chi connectivity index (χ2v) is 4.88. The third kappa shape index (κ3) is 3.79. The van der Waals surface area contributed by atoms with Crippen molar-refractivity contribution in [3.8, 4) is 0 Å². The summed E-state index contributed by atoms with van der Waals surface area (Å²) in [6, 6.07) is 3.21. The van der Waals surface area contributed by atoms with E-state index in [4.69, 9.17) is 17.4 Å². The molecule has 0 bridgehead atoms. The highest BCUT2D eigenvalue weighted by Gasteiger charge is 2.14. The number of halogens is 1. The number of carbonyl (C=O) groups excluding carboxylic acids is 1. The van der Waals surface area contributed by atoms with Gasteiger partial charge in [0.1, 0.15) is 11.5 Å². The number of pyridine rings is 1. The van der Waals surface area contributed by atoms with Gasteiger partial charge in [0.25, 0.3) is 5.91 Å². The van der Waals surface area contributed by atoms with Crippen molar-refractivity contribution < 1.29 is 4.79 Å². The summed E-state index contributed by atoms with van der Waals surface area (Å²) < 4.78 is 0. The summed E-state index contributed by atoms with van der Waals surface area (Å²) in [5.41, 5.74) is 2.59. The van der Waals surface area contributed by atoms with Gasteiger partial charge < -0.3 is 15.6 Å². The zero-order valence-corrected chi connectivity index (χ0v) is 11.4. The van der Waals surface area contributed by atoms with Crippen molar-refractivity contribution in [2.24, 2.45) is 5.84 Å². The SMILES string of the molecule is NNc1ccc(Cl)c(C(=O)NCCN2CCCC2)n1. The van der Waals surface area contributed by atoms with E-state index >= 15 is 0 Å². The minimum atomic E-state index is -0.277. The maximum Gasteiger partial charge on any atom is 0.271 e. The highest BCUT2D eigenvalue weighted by molar-refractivity contribution is 6.33. The van der Waals surface area contributed by atoms with Gasteiger partial charge in [-0.3, -0.25) is 4.79 Å². The molecule has 0 atom stereocenters. The fourth-order valence-corrected chi connectivity index (χ4v) is 2.29. The van der Waals surface area contributed by atoms with Crippen LogP contribution in [0, 0.1) is 0 Å². The Morgan fingerprint density at radius 1 is 1.42 bits per heavy atom. The fourth-order valence-electron chi connectivity index (χ4n) is 2.10. The van der Waals surface area contributed by atoms with E-state index in [9.17, 15) is 4.79 Å². The number of nitrogens with two attached hydrogens (primary N) is 1. The summed E-state index contributed by atoms with van der Waals surface area (Å²) in [6.45, 7) is 3.68. The number of nitrogen functional groups attached to an aromatic ring is 1. The average molecular weight is 284 g/mol. The van der Waals surface area contributed by atoms with E-state index in [2.05, 4.69) is 20.6 Å². The summed E-state index contributed by atoms with van der Waals surface area (Å²) >= 11 is 5.95. The molecule has 1 aromatic rings. The highest BCUT2D eigenvalue weighted by Crippen LogP contribution is 2.16. The van der Waals surface area contributed by atoms with Crippen LogP contribution in [0.4, 0.5) is 5.82 Å². The number of hydrazine groups is 1. The lowest BCUT2D eigenvalue weighted by molar-refractivity contribution is 0.0945. The number of carbonyl (C=O) groups is 1. The third-order valence-electron chi connectivity index (χ3n) is 3.12. The molecule has 7 heteroatoms. The van der Waals surface area contributed by atoms with Crippen molar-refractivity contribution in [1.82, 2.24) is 15.2 Å². The zero-order valence-electron chi connectivity index (χ0n) is 10.7. The number of nitrogens with zero attached hydrogens (tertiary/aromatic N) is 2. The van der Waals surface area contributed by atoms with Crippen LogP contribution in [0.1, 0.15) is 23.3 Å². The molecule has 4 N–H and O–H groups in total. The van der Waals surface area contributed by atoms with Crippen LogP contribution in [0.5, 0.6) is 0 Å². The van der Waals surface area contributed by atoms with Gasteiger partial charge >= 0.3 is 0 Å². The van der Waals surface area contributed by atoms with Gasteiger partial charge in [-0.1, -0.05) is 11.6 Å². The fraction of sp³-hybridized carbons (Fsp3) is 0.500. The molecule has 1 saturated heterocycles. The topological polar surface area (TPSA) is 83.3 Å². The van der Waals surface area contributed by atoms with E-state index in [1.165, 1.54) is 12.8 Å². The van der Waals surface area contributed by atoms with Gasteiger partial charge in [0.15, 0.2) is 0 Å². The van der Waals surface area contributed by atoms with E-state index in [-0.39, 0.29) is 11.6 Å². The molecule has 0 radical (unpaired) electrons. The summed E-state index contributed by atoms with van der Waals surface area (Å²) in [6.07, 6.45) is 2.48. The zero-order chi connectivity index (χ0) is 13.7. The molecule has 104 valence electrons. The van der Waals surface area contributed by atoms with Crippen molar-refractivity contribution in [2.75, 3.05) is 31.6 Å². The Labute approximate surface area is 117 Å². The molecule has 2 heterocycles. The molecule has 0 saturated carbocycles. The van der Waals surface area contributed by atoms with E-state index in [0.29, 0.717) is 17.4 Å². The van der Waals surface area contributed by atoms with Gasteiger partial charge in [-0.15, -0.1) is 0 Å². The number of amides is 1. The number of likely N-dealkylation sites (tertiary alicyclic amines) is 1. The number of nitrogens with one attached hydrogen (secondary N) is 2. The quantitative estimate of drug-likeness (QED) is 0.551. The lowest BCUT2D eigenvalue weighted by Crippen LogP contribution is -2.34. The first kappa shape index (κ1) is 14.0. The van der Waals surface area contributed by atoms with E-state index in [1.54, 1.807) is 12.1 Å². The monoisotopic (exact) mass is 283 g/mol. The molecule has 19 heavy (non-hydrogen) atoms. The Bertz CT molecular complexity index is 448. The van der Waals surface area contributed by atoms with Crippen molar-refractivity contribution in [3.63, 3.8) is 0 Å². The molecule has 0 aliphatic carbocycles. The van der Waals surface area contributed by atoms with E-state index < -0.39 is 0 Å². The molecule has 0 aromatic carbocycles. The summed E-state index contributed by atoms with van der Waals surface area (Å²) in [5.74, 6) is 5.39. The van der Waals surface area contributed by atoms with Gasteiger partial charge in [0.05, 0.1) is 5.02 Å². The lowest BCUT2D eigenvalue weighted by Gasteiger charge is -2.14. The Kier molecular flexibility index (Phi) is 4.95. The number of anilines is 1. The minimum absolute atomic E-state index is 0.193. The summed E-state index contributed by atoms with van der Waals surface area (Å²) in [5, 5.41) is 3.14. The second kappa shape index (κ2) is 6.70. The maximum atomic E-state index is 12.0. The lowest BCUT2D eigenvalue weighted by atomic mass is 10.3. The van der Waals surface area contributed by atoms with Crippen LogP contribution in [-0.4, -0.2) is 42.0 Å². The maximum absolute atomic E-state index is 12.0. The van der Waals surface area contributed by atoms with Crippen LogP contribution in [0.25, 0.3) is 0 Å². The minimum Gasteiger partial charge on any atom is -0.349 e. The van der Waals surface area contributed by atoms with Gasteiger partial charge in [-0.2, -0.15) is 0 Å². The van der Waals surface area contributed by atoms with Gasteiger partial charge in [0, 0.05) is 13.1 Å². The molecule has 1 aliphatic rings. The Morgan fingerprint density at radius 2 is 2.16 bits per heavy atom. The number of rotatable bonds is 5. The molecule has 1 aromatic heterocycles. The molecular formula is C12H18ClN5O. The van der Waals surface area contributed by atoms with Crippen molar-refractivity contribution in [3.05, 3.63) is 22.8 Å². The highest BCUT2D eigenvalue weighted by atomic mass is 35.5. The first-order chi connectivity index (χ1) is 9.20. The first-order valence-corrected chi connectivity index (χ1v) is 6.72. The molecule has 1 aliphatic heterocycles. The largest absolute Gasteiger partial charge is 0.349 e. The normalized spacial score (nSPS) is 15.5. The van der Waals surface area contributed by atoms with Gasteiger partial charge in [0.2, 0.25) is 0 Å². The van der Waals surface area contributed by atoms with Crippen LogP contribution in [-0.2, 0) is 0 Å². The smallest absolute Gasteiger partial charge is 0.271 e. The van der Waals surface area contributed by atoms with E-state index in [0.717, 1.165) is 19.6 Å². The molecule has 1 amide bonds. The first-order valence-electron chi connectivity index (χ1n) is 6.34. The number of aromatic nitrogens is 1. The molecule has 2 rings (SSSR count). The van der Waals surface area contributed by atoms with E-state index in [1.807, 2.05) is 0 Å². The number of hydrogen-bond donors (Lipinski definition) is 3. The van der Waals surface area contributed by atoms with Gasteiger partial charge in [-0.05, 0) is 38.1 Å². The average Bonchev–Trinajstić information content (AvgIpc) is 2.92. The molecule has 1 fully saturated rings. The van der Waals surface area contributed by atoms with Crippen LogP contribution < -0.4 is 16.6 Å². The van der Waals surface area contributed by atoms with Gasteiger partial charge in [-0.25, -0.2) is 10.8 Å². The van der Waals surface area contributed by atoms with Crippen LogP contribution in [0.15, 0.2) is 12.1 Å². The summed E-state index contributed by atoms with van der Waals surface area (Å²) in [4.78, 5) is 18.3. The Balaban J connectivity index is 1.88. The number of hydrogen-bond acceptors (Lipinski definition) is 5.